The van der Waals surface area contributed by atoms with E-state index < -0.39 is 6.10 Å². The number of nitrogens with zero attached hydrogens (tertiary/aromatic N) is 3. The lowest BCUT2D eigenvalue weighted by atomic mass is 10.1. The van der Waals surface area contributed by atoms with Crippen LogP contribution >= 0.6 is 0 Å². The first-order valence-electron chi connectivity index (χ1n) is 8.42. The SMILES string of the molecule is O=C(NCc1nc(C2CC2)no1)N1CCOC(c2ccccc2F)C1. The van der Waals surface area contributed by atoms with Crippen molar-refractivity contribution in [2.75, 3.05) is 19.7 Å². The first-order valence-corrected chi connectivity index (χ1v) is 8.42. The highest BCUT2D eigenvalue weighted by atomic mass is 19.1. The molecule has 2 aromatic rings. The van der Waals surface area contributed by atoms with Crippen LogP contribution in [0.3, 0.4) is 0 Å². The number of aromatic nitrogens is 2. The minimum Gasteiger partial charge on any atom is -0.370 e. The van der Waals surface area contributed by atoms with E-state index in [1.807, 2.05) is 0 Å². The Kier molecular flexibility index (Phi) is 4.35. The van der Waals surface area contributed by atoms with Crippen LogP contribution in [0.5, 0.6) is 0 Å². The second-order valence-corrected chi connectivity index (χ2v) is 6.31. The van der Waals surface area contributed by atoms with Gasteiger partial charge in [0.05, 0.1) is 19.7 Å². The lowest BCUT2D eigenvalue weighted by molar-refractivity contribution is -0.0172. The summed E-state index contributed by atoms with van der Waals surface area (Å²) in [4.78, 5) is 18.2. The quantitative estimate of drug-likeness (QED) is 0.919. The Morgan fingerprint density at radius 3 is 3.00 bits per heavy atom. The molecule has 1 unspecified atom stereocenters. The predicted molar refractivity (Wildman–Crippen MR) is 85.2 cm³/mol. The van der Waals surface area contributed by atoms with Gasteiger partial charge >= 0.3 is 6.03 Å². The second-order valence-electron chi connectivity index (χ2n) is 6.31. The van der Waals surface area contributed by atoms with Crippen LogP contribution in [0, 0.1) is 5.82 Å². The summed E-state index contributed by atoms with van der Waals surface area (Å²) in [5, 5.41) is 6.69. The Morgan fingerprint density at radius 2 is 2.20 bits per heavy atom. The summed E-state index contributed by atoms with van der Waals surface area (Å²) in [7, 11) is 0. The summed E-state index contributed by atoms with van der Waals surface area (Å²) in [6.45, 7) is 1.29. The van der Waals surface area contributed by atoms with E-state index >= 15 is 0 Å². The number of morpholine rings is 1. The molecule has 0 spiro atoms. The molecule has 1 saturated carbocycles. The highest BCUT2D eigenvalue weighted by molar-refractivity contribution is 5.74. The van der Waals surface area contributed by atoms with Crippen molar-refractivity contribution in [3.8, 4) is 0 Å². The lowest BCUT2D eigenvalue weighted by Gasteiger charge is -2.33. The van der Waals surface area contributed by atoms with Gasteiger partial charge in [0.2, 0.25) is 5.89 Å². The minimum absolute atomic E-state index is 0.181. The zero-order valence-corrected chi connectivity index (χ0v) is 13.7. The fourth-order valence-corrected chi connectivity index (χ4v) is 2.87. The predicted octanol–water partition coefficient (Wildman–Crippen LogP) is 2.37. The number of hydrogen-bond donors (Lipinski definition) is 1. The standard InChI is InChI=1S/C17H19FN4O3/c18-13-4-2-1-3-12(13)14-10-22(7-8-24-14)17(23)19-9-15-20-16(21-25-15)11-5-6-11/h1-4,11,14H,5-10H2,(H,19,23). The molecule has 0 bridgehead atoms. The summed E-state index contributed by atoms with van der Waals surface area (Å²) in [5.41, 5.74) is 0.464. The summed E-state index contributed by atoms with van der Waals surface area (Å²) < 4.78 is 24.7. The number of ether oxygens (including phenoxy) is 1. The van der Waals surface area contributed by atoms with Crippen LogP contribution in [0.25, 0.3) is 0 Å². The normalized spacial score (nSPS) is 20.5. The van der Waals surface area contributed by atoms with Crippen LogP contribution in [0.4, 0.5) is 9.18 Å². The third kappa shape index (κ3) is 3.63. The number of hydrogen-bond acceptors (Lipinski definition) is 5. The number of benzene rings is 1. The van der Waals surface area contributed by atoms with Crippen molar-refractivity contribution in [1.29, 1.82) is 0 Å². The Bertz CT molecular complexity index is 762. The van der Waals surface area contributed by atoms with Gasteiger partial charge in [-0.2, -0.15) is 4.98 Å². The van der Waals surface area contributed by atoms with E-state index in [1.165, 1.54) is 6.07 Å². The minimum atomic E-state index is -0.467. The van der Waals surface area contributed by atoms with Crippen molar-refractivity contribution in [1.82, 2.24) is 20.4 Å². The maximum Gasteiger partial charge on any atom is 0.318 e. The first kappa shape index (κ1) is 16.0. The Balaban J connectivity index is 1.34. The van der Waals surface area contributed by atoms with Crippen molar-refractivity contribution < 1.29 is 18.4 Å². The van der Waals surface area contributed by atoms with Crippen molar-refractivity contribution in [3.63, 3.8) is 0 Å². The van der Waals surface area contributed by atoms with Gasteiger partial charge in [0, 0.05) is 18.0 Å². The molecule has 1 atom stereocenters. The summed E-state index contributed by atoms with van der Waals surface area (Å²) in [6.07, 6.45) is 1.72. The molecule has 132 valence electrons. The average molecular weight is 346 g/mol. The molecule has 2 amide bonds. The number of carbonyl (C=O) groups is 1. The smallest absolute Gasteiger partial charge is 0.318 e. The van der Waals surface area contributed by atoms with Gasteiger partial charge in [-0.1, -0.05) is 23.4 Å². The maximum atomic E-state index is 13.9. The molecule has 7 nitrogen and oxygen atoms in total. The summed E-state index contributed by atoms with van der Waals surface area (Å²) in [6, 6.07) is 6.21. The van der Waals surface area contributed by atoms with Crippen LogP contribution in [-0.2, 0) is 11.3 Å². The van der Waals surface area contributed by atoms with E-state index in [9.17, 15) is 9.18 Å². The van der Waals surface area contributed by atoms with Crippen LogP contribution in [0.15, 0.2) is 28.8 Å². The lowest BCUT2D eigenvalue weighted by Crippen LogP contribution is -2.47. The Morgan fingerprint density at radius 1 is 1.36 bits per heavy atom. The van der Waals surface area contributed by atoms with Crippen LogP contribution in [-0.4, -0.2) is 40.8 Å². The molecule has 1 aromatic heterocycles. The number of nitrogens with one attached hydrogen (secondary N) is 1. The number of rotatable bonds is 4. The first-order chi connectivity index (χ1) is 12.2. The van der Waals surface area contributed by atoms with Gasteiger partial charge < -0.3 is 19.5 Å². The monoisotopic (exact) mass is 346 g/mol. The van der Waals surface area contributed by atoms with E-state index in [-0.39, 0.29) is 18.4 Å². The van der Waals surface area contributed by atoms with Crippen molar-refractivity contribution in [2.45, 2.75) is 31.4 Å². The molecule has 25 heavy (non-hydrogen) atoms. The summed E-state index contributed by atoms with van der Waals surface area (Å²) in [5.74, 6) is 1.20. The Labute approximate surface area is 144 Å². The molecule has 2 aliphatic rings. The van der Waals surface area contributed by atoms with Gasteiger partial charge in [0.25, 0.3) is 0 Å². The van der Waals surface area contributed by atoms with Gasteiger partial charge in [-0.15, -0.1) is 0 Å². The van der Waals surface area contributed by atoms with Gasteiger partial charge in [-0.3, -0.25) is 0 Å². The van der Waals surface area contributed by atoms with Gasteiger partial charge in [-0.25, -0.2) is 9.18 Å². The molecule has 2 fully saturated rings. The van der Waals surface area contributed by atoms with E-state index in [0.29, 0.717) is 37.1 Å². The van der Waals surface area contributed by atoms with Gasteiger partial charge in [0.1, 0.15) is 11.9 Å². The fraction of sp³-hybridized carbons (Fsp3) is 0.471. The molecule has 1 aliphatic heterocycles. The van der Waals surface area contributed by atoms with Crippen LogP contribution < -0.4 is 5.32 Å². The number of carbonyl (C=O) groups excluding carboxylic acids is 1. The molecular weight excluding hydrogens is 327 g/mol. The number of urea groups is 1. The number of halogens is 1. The fourth-order valence-electron chi connectivity index (χ4n) is 2.87. The average Bonchev–Trinajstić information content (AvgIpc) is 3.38. The Hall–Kier alpha value is -2.48. The highest BCUT2D eigenvalue weighted by Crippen LogP contribution is 2.38. The third-order valence-electron chi connectivity index (χ3n) is 4.42. The van der Waals surface area contributed by atoms with Gasteiger partial charge in [0.15, 0.2) is 5.82 Å². The molecular formula is C17H19FN4O3. The maximum absolute atomic E-state index is 13.9. The highest BCUT2D eigenvalue weighted by Gasteiger charge is 2.29. The molecule has 4 rings (SSSR count). The molecule has 8 heteroatoms. The van der Waals surface area contributed by atoms with E-state index in [0.717, 1.165) is 18.7 Å². The molecule has 1 aromatic carbocycles. The molecule has 1 N–H and O–H groups in total. The second kappa shape index (κ2) is 6.79. The topological polar surface area (TPSA) is 80.5 Å². The van der Waals surface area contributed by atoms with E-state index in [4.69, 9.17) is 9.26 Å². The largest absolute Gasteiger partial charge is 0.370 e. The summed E-state index contributed by atoms with van der Waals surface area (Å²) >= 11 is 0. The van der Waals surface area contributed by atoms with Crippen LogP contribution in [0.2, 0.25) is 0 Å². The molecule has 0 radical (unpaired) electrons. The third-order valence-corrected chi connectivity index (χ3v) is 4.42. The van der Waals surface area contributed by atoms with Crippen molar-refractivity contribution in [2.24, 2.45) is 0 Å². The van der Waals surface area contributed by atoms with Crippen LogP contribution in [0.1, 0.15) is 42.1 Å². The number of amides is 2. The van der Waals surface area contributed by atoms with Crippen molar-refractivity contribution in [3.05, 3.63) is 47.4 Å². The zero-order valence-electron chi connectivity index (χ0n) is 13.7. The molecule has 1 aliphatic carbocycles. The van der Waals surface area contributed by atoms with Crippen molar-refractivity contribution >= 4 is 6.03 Å². The molecule has 2 heterocycles. The molecule has 1 saturated heterocycles. The van der Waals surface area contributed by atoms with Gasteiger partial charge in [-0.05, 0) is 18.9 Å². The van der Waals surface area contributed by atoms with E-state index in [2.05, 4.69) is 15.5 Å². The van der Waals surface area contributed by atoms with E-state index in [1.54, 1.807) is 23.1 Å². The zero-order chi connectivity index (χ0) is 17.2.